The molecule has 3 aromatic carbocycles. The highest BCUT2D eigenvalue weighted by Crippen LogP contribution is 2.48. The molecular weight excluding hydrogens is 585 g/mol. The summed E-state index contributed by atoms with van der Waals surface area (Å²) in [5, 5.41) is 13.3. The van der Waals surface area contributed by atoms with Gasteiger partial charge >= 0.3 is 0 Å². The highest BCUT2D eigenvalue weighted by Gasteiger charge is 2.30. The largest absolute Gasteiger partial charge is 0.342 e. The lowest BCUT2D eigenvalue weighted by Gasteiger charge is -2.31. The first-order valence-corrected chi connectivity index (χ1v) is 15.3. The van der Waals surface area contributed by atoms with E-state index in [2.05, 4.69) is 15.5 Å². The summed E-state index contributed by atoms with van der Waals surface area (Å²) in [6.07, 6.45) is 0. The molecule has 0 saturated heterocycles. The normalized spacial score (nSPS) is 13.1. The summed E-state index contributed by atoms with van der Waals surface area (Å²) < 4.78 is 1.94. The lowest BCUT2D eigenvalue weighted by Crippen LogP contribution is -2.34. The highest BCUT2D eigenvalue weighted by molar-refractivity contribution is 8.00. The molecule has 206 valence electrons. The SMILES string of the molecule is CCn1c(SCC(=O)N2c3ccccc3Sc3ccccc32)nnc1[C@@H](NC(=O)c1ccc(Cl)cc1Cl)C(C)C. The number of thioether (sulfide) groups is 1. The number of rotatable bonds is 8. The van der Waals surface area contributed by atoms with E-state index >= 15 is 0 Å². The van der Waals surface area contributed by atoms with Gasteiger partial charge in [0, 0.05) is 21.4 Å². The number of para-hydroxylation sites is 2. The van der Waals surface area contributed by atoms with Crippen molar-refractivity contribution in [2.45, 2.75) is 48.3 Å². The van der Waals surface area contributed by atoms with Gasteiger partial charge in [0.25, 0.3) is 5.91 Å². The summed E-state index contributed by atoms with van der Waals surface area (Å²) in [4.78, 5) is 30.6. The number of amides is 2. The topological polar surface area (TPSA) is 80.1 Å². The van der Waals surface area contributed by atoms with E-state index in [1.54, 1.807) is 34.9 Å². The molecule has 0 aliphatic carbocycles. The molecule has 1 atom stereocenters. The van der Waals surface area contributed by atoms with Gasteiger partial charge < -0.3 is 9.88 Å². The van der Waals surface area contributed by atoms with Crippen LogP contribution < -0.4 is 10.2 Å². The molecule has 0 bridgehead atoms. The summed E-state index contributed by atoms with van der Waals surface area (Å²) in [7, 11) is 0. The fourth-order valence-electron chi connectivity index (χ4n) is 4.52. The maximum atomic E-state index is 13.7. The van der Waals surface area contributed by atoms with Crippen molar-refractivity contribution < 1.29 is 9.59 Å². The van der Waals surface area contributed by atoms with Gasteiger partial charge in [0.05, 0.1) is 33.8 Å². The maximum absolute atomic E-state index is 13.7. The van der Waals surface area contributed by atoms with Gasteiger partial charge in [0.2, 0.25) is 5.91 Å². The van der Waals surface area contributed by atoms with E-state index < -0.39 is 6.04 Å². The monoisotopic (exact) mass is 611 g/mol. The Labute approximate surface area is 251 Å². The molecule has 1 aliphatic rings. The van der Waals surface area contributed by atoms with E-state index in [1.807, 2.05) is 73.9 Å². The van der Waals surface area contributed by atoms with Crippen LogP contribution in [0.2, 0.25) is 10.0 Å². The number of nitrogens with one attached hydrogen (secondary N) is 1. The maximum Gasteiger partial charge on any atom is 0.253 e. The number of carbonyl (C=O) groups excluding carboxylic acids is 2. The number of fused-ring (bicyclic) bond motifs is 2. The van der Waals surface area contributed by atoms with Crippen molar-refractivity contribution in [3.63, 3.8) is 0 Å². The molecule has 2 amide bonds. The van der Waals surface area contributed by atoms with Gasteiger partial charge in [-0.3, -0.25) is 14.5 Å². The standard InChI is InChI=1S/C29H27Cl2N5O2S2/c1-4-35-27(26(17(2)3)32-28(38)19-14-13-18(30)15-20(19)31)33-34-29(35)39-16-25(37)36-21-9-5-7-11-23(21)40-24-12-8-6-10-22(24)36/h5-15,17,26H,4,16H2,1-3H3,(H,32,38)/t26-/m0/s1. The predicted octanol–water partition coefficient (Wildman–Crippen LogP) is 7.65. The van der Waals surface area contributed by atoms with Crippen molar-refractivity contribution in [1.29, 1.82) is 0 Å². The Hall–Kier alpha value is -2.98. The van der Waals surface area contributed by atoms with Crippen LogP contribution in [-0.4, -0.2) is 32.3 Å². The van der Waals surface area contributed by atoms with Crippen LogP contribution in [0.3, 0.4) is 0 Å². The Morgan fingerprint density at radius 3 is 2.23 bits per heavy atom. The quantitative estimate of drug-likeness (QED) is 0.206. The zero-order valence-electron chi connectivity index (χ0n) is 22.1. The molecule has 40 heavy (non-hydrogen) atoms. The van der Waals surface area contributed by atoms with Crippen LogP contribution in [0, 0.1) is 5.92 Å². The van der Waals surface area contributed by atoms with Crippen molar-refractivity contribution in [2.75, 3.05) is 10.7 Å². The molecule has 0 radical (unpaired) electrons. The molecule has 0 saturated carbocycles. The third kappa shape index (κ3) is 5.74. The van der Waals surface area contributed by atoms with E-state index in [9.17, 15) is 9.59 Å². The van der Waals surface area contributed by atoms with Crippen molar-refractivity contribution in [2.24, 2.45) is 5.92 Å². The first kappa shape index (κ1) is 28.5. The molecule has 2 heterocycles. The van der Waals surface area contributed by atoms with Gasteiger partial charge in [-0.25, -0.2) is 0 Å². The minimum absolute atomic E-state index is 0.0165. The van der Waals surface area contributed by atoms with Gasteiger partial charge in [0.1, 0.15) is 0 Å². The second-order valence-corrected chi connectivity index (χ2v) is 12.3. The molecule has 1 aromatic heterocycles. The Bertz CT molecular complexity index is 1530. The number of aromatic nitrogens is 3. The number of hydrogen-bond acceptors (Lipinski definition) is 6. The third-order valence-electron chi connectivity index (χ3n) is 6.48. The molecular formula is C29H27Cl2N5O2S2. The summed E-state index contributed by atoms with van der Waals surface area (Å²) in [6.45, 7) is 6.57. The van der Waals surface area contributed by atoms with Crippen molar-refractivity contribution in [1.82, 2.24) is 20.1 Å². The molecule has 7 nitrogen and oxygen atoms in total. The highest BCUT2D eigenvalue weighted by atomic mass is 35.5. The summed E-state index contributed by atoms with van der Waals surface area (Å²) in [5.74, 6) is 0.433. The van der Waals surface area contributed by atoms with Crippen LogP contribution in [0.4, 0.5) is 11.4 Å². The molecule has 11 heteroatoms. The van der Waals surface area contributed by atoms with E-state index in [0.717, 1.165) is 21.2 Å². The Kier molecular flexibility index (Phi) is 8.75. The Morgan fingerprint density at radius 2 is 1.62 bits per heavy atom. The van der Waals surface area contributed by atoms with E-state index in [1.165, 1.54) is 11.8 Å². The Balaban J connectivity index is 1.36. The van der Waals surface area contributed by atoms with E-state index in [-0.39, 0.29) is 28.5 Å². The molecule has 0 unspecified atom stereocenters. The number of halogens is 2. The molecule has 0 spiro atoms. The van der Waals surface area contributed by atoms with Crippen molar-refractivity contribution in [3.05, 3.63) is 88.2 Å². The smallest absolute Gasteiger partial charge is 0.253 e. The molecule has 4 aromatic rings. The molecule has 1 N–H and O–H groups in total. The number of benzene rings is 3. The lowest BCUT2D eigenvalue weighted by atomic mass is 10.0. The number of hydrogen-bond donors (Lipinski definition) is 1. The lowest BCUT2D eigenvalue weighted by molar-refractivity contribution is -0.115. The van der Waals surface area contributed by atoms with Crippen LogP contribution in [0.5, 0.6) is 0 Å². The molecule has 1 aliphatic heterocycles. The zero-order valence-corrected chi connectivity index (χ0v) is 25.2. The third-order valence-corrected chi connectivity index (χ3v) is 9.10. The van der Waals surface area contributed by atoms with Crippen LogP contribution in [0.1, 0.15) is 43.0 Å². The molecule has 0 fully saturated rings. The average molecular weight is 613 g/mol. The second-order valence-electron chi connectivity index (χ2n) is 9.46. The van der Waals surface area contributed by atoms with Crippen LogP contribution in [-0.2, 0) is 11.3 Å². The summed E-state index contributed by atoms with van der Waals surface area (Å²) in [5.41, 5.74) is 2.08. The first-order chi connectivity index (χ1) is 19.3. The number of carbonyl (C=O) groups is 2. The van der Waals surface area contributed by atoms with Crippen LogP contribution >= 0.6 is 46.7 Å². The van der Waals surface area contributed by atoms with Gasteiger partial charge in [-0.05, 0) is 55.3 Å². The molecule has 5 rings (SSSR count). The second kappa shape index (κ2) is 12.3. The average Bonchev–Trinajstić information content (AvgIpc) is 3.35. The minimum atomic E-state index is -0.422. The fourth-order valence-corrected chi connectivity index (χ4v) is 6.93. The van der Waals surface area contributed by atoms with E-state index in [0.29, 0.717) is 28.1 Å². The van der Waals surface area contributed by atoms with Gasteiger partial charge in [-0.15, -0.1) is 10.2 Å². The van der Waals surface area contributed by atoms with Gasteiger partial charge in [-0.2, -0.15) is 0 Å². The van der Waals surface area contributed by atoms with Crippen LogP contribution in [0.15, 0.2) is 81.7 Å². The van der Waals surface area contributed by atoms with Crippen molar-refractivity contribution >= 4 is 69.9 Å². The summed E-state index contributed by atoms with van der Waals surface area (Å²) >= 11 is 15.3. The first-order valence-electron chi connectivity index (χ1n) is 12.8. The van der Waals surface area contributed by atoms with Crippen molar-refractivity contribution in [3.8, 4) is 0 Å². The predicted molar refractivity (Wildman–Crippen MR) is 162 cm³/mol. The van der Waals surface area contributed by atoms with Gasteiger partial charge in [-0.1, -0.05) is 84.8 Å². The van der Waals surface area contributed by atoms with Crippen LogP contribution in [0.25, 0.3) is 0 Å². The Morgan fingerprint density at radius 1 is 0.975 bits per heavy atom. The fraction of sp³-hybridized carbons (Fsp3) is 0.241. The minimum Gasteiger partial charge on any atom is -0.342 e. The zero-order chi connectivity index (χ0) is 28.4. The number of anilines is 2. The summed E-state index contributed by atoms with van der Waals surface area (Å²) in [6, 6.07) is 20.2. The van der Waals surface area contributed by atoms with Gasteiger partial charge in [0.15, 0.2) is 11.0 Å². The number of nitrogens with zero attached hydrogens (tertiary/aromatic N) is 4. The van der Waals surface area contributed by atoms with E-state index in [4.69, 9.17) is 23.2 Å².